The molecule has 9 aliphatic rings. The fourth-order valence-electron chi connectivity index (χ4n) is 15.5. The van der Waals surface area contributed by atoms with Crippen LogP contribution in [-0.2, 0) is 90.1 Å². The first-order valence-electron chi connectivity index (χ1n) is 38.5. The maximum absolute atomic E-state index is 12.8. The molecule has 0 radical (unpaired) electrons. The minimum absolute atomic E-state index is 0.561. The molecular weight excluding hydrogens is 1600 g/mol. The van der Waals surface area contributed by atoms with Crippen LogP contribution in [0.4, 0.5) is 0 Å². The highest BCUT2D eigenvalue weighted by Gasteiger charge is 2.61. The van der Waals surface area contributed by atoms with E-state index in [2.05, 4.69) is 0 Å². The highest BCUT2D eigenvalue weighted by molar-refractivity contribution is 5.76. The lowest BCUT2D eigenvalue weighted by Crippen LogP contribution is -2.68. The molecule has 684 valence electrons. The van der Waals surface area contributed by atoms with E-state index < -0.39 is 390 Å². The lowest BCUT2D eigenvalue weighted by atomic mass is 9.88. The number of nitrogens with two attached hydrogens (primary N) is 1. The van der Waals surface area contributed by atoms with Gasteiger partial charge >= 0.3 is 5.97 Å². The van der Waals surface area contributed by atoms with Gasteiger partial charge in [-0.1, -0.05) is 27.7 Å². The van der Waals surface area contributed by atoms with Gasteiger partial charge < -0.3 is 239 Å². The largest absolute Gasteiger partial charge is 0.477 e. The molecule has 50 atom stereocenters. The van der Waals surface area contributed by atoms with E-state index in [-0.39, 0.29) is 0 Å². The Morgan fingerprint density at radius 1 is 0.402 bits per heavy atom. The van der Waals surface area contributed by atoms with Gasteiger partial charge in [-0.3, -0.25) is 0 Å². The number of carbonyl (C=O) groups is 1. The number of hydrogen-bond donors (Lipinski definition) is 30. The van der Waals surface area contributed by atoms with Crippen molar-refractivity contribution in [3.63, 3.8) is 0 Å². The molecule has 9 aliphatic heterocycles. The number of aliphatic hydroxyl groups excluding tert-OH is 28. The van der Waals surface area contributed by atoms with Gasteiger partial charge in [0, 0.05) is 36.7 Å². The Morgan fingerprint density at radius 2 is 0.786 bits per heavy atom. The third-order valence-electron chi connectivity index (χ3n) is 23.3. The van der Waals surface area contributed by atoms with Gasteiger partial charge in [-0.05, 0) is 13.3 Å². The highest BCUT2D eigenvalue weighted by Crippen LogP contribution is 2.42. The molecule has 0 aromatic carbocycles. The van der Waals surface area contributed by atoms with Crippen molar-refractivity contribution in [2.24, 2.45) is 29.4 Å². The zero-order valence-electron chi connectivity index (χ0n) is 64.1. The van der Waals surface area contributed by atoms with Gasteiger partial charge in [-0.15, -0.1) is 0 Å². The first-order valence-corrected chi connectivity index (χ1v) is 38.5. The number of hydrogen-bond acceptors (Lipinski definition) is 48. The third-order valence-corrected chi connectivity index (χ3v) is 23.3. The van der Waals surface area contributed by atoms with Crippen molar-refractivity contribution in [2.45, 2.75) is 329 Å². The first kappa shape index (κ1) is 98.4. The smallest absolute Gasteiger partial charge is 0.364 e. The van der Waals surface area contributed by atoms with Gasteiger partial charge in [-0.25, -0.2) is 4.79 Å². The summed E-state index contributed by atoms with van der Waals surface area (Å²) in [6.45, 7) is -2.80. The predicted molar refractivity (Wildman–Crippen MR) is 367 cm³/mol. The Labute approximate surface area is 667 Å². The number of aliphatic carboxylic acids is 1. The molecule has 0 saturated carbocycles. The maximum atomic E-state index is 12.8. The molecule has 0 aromatic rings. The Bertz CT molecular complexity index is 2970. The van der Waals surface area contributed by atoms with Crippen molar-refractivity contribution in [1.82, 2.24) is 0 Å². The zero-order chi connectivity index (χ0) is 86.6. The standard InChI is InChI=1S/C68H119NO48/c1-18-22(5)102-28(12-74)51(35(18)81)110-60-19(2)36(82)54(31(15-77)105-60)113-65-50(96)56(44(90)32(108-65)16-100-59(97)57(39(85)23(78)6-7-70)115-61-20(3)37(83)52(29(13-75)106-61)111-63-48(94)45(91)41(87)26(10-72)103-63)114-66-58(47(93)42(88)27(11-73)104-66)116-62-21(4)38(84)53(30(14-76)107-62)112-64-49(95)46(92)43(89)33(109-64)17-101-68(67(98)99)8-24(79)34(69)55(117-68)40(86)25(80)9-71/h18-66,70-97H,6-17,69H2,1-5H3,(H,98,99)/t18-,19+,20?,21+,22+,23-,24-,25-,26?,27-,28?,29+,30?,31?,32?,33?,34-,35?,36?,37?,38?,39?,40-,41+,42-,43+,44-,45?,46?,47?,48+,49+,50-,51-,52-,53-,54-,55?,56?,57-,58?,59-,60+,61+,62+,63+,64+,65+,66-,68-/m1/s1. The lowest BCUT2D eigenvalue weighted by molar-refractivity contribution is -0.400. The van der Waals surface area contributed by atoms with Crippen LogP contribution in [0.25, 0.3) is 0 Å². The molecule has 49 nitrogen and oxygen atoms in total. The predicted octanol–water partition coefficient (Wildman–Crippen LogP) is -17.5. The van der Waals surface area contributed by atoms with Crippen LogP contribution in [-0.4, -0.2) is 502 Å². The monoisotopic (exact) mass is 1720 g/mol. The molecule has 0 aliphatic carbocycles. The van der Waals surface area contributed by atoms with Gasteiger partial charge in [0.15, 0.2) is 50.3 Å². The molecule has 18 unspecified atom stereocenters. The topological polar surface area (TPSA) is 796 Å². The number of ether oxygens (including phenoxy) is 18. The van der Waals surface area contributed by atoms with Crippen molar-refractivity contribution in [3.8, 4) is 0 Å². The number of rotatable bonds is 35. The molecule has 0 bridgehead atoms. The second-order valence-electron chi connectivity index (χ2n) is 31.1. The summed E-state index contributed by atoms with van der Waals surface area (Å²) in [4.78, 5) is 12.8. The lowest BCUT2D eigenvalue weighted by Gasteiger charge is -2.51. The van der Waals surface area contributed by atoms with Crippen molar-refractivity contribution < 1.29 is 238 Å². The normalized spacial score (nSPS) is 49.3. The second kappa shape index (κ2) is 42.7. The molecule has 9 heterocycles. The first-order chi connectivity index (χ1) is 55.2. The van der Waals surface area contributed by atoms with Crippen molar-refractivity contribution in [2.75, 3.05) is 66.1 Å². The fraction of sp³-hybridized carbons (Fsp3) is 0.985. The fourth-order valence-corrected chi connectivity index (χ4v) is 15.5. The molecular formula is C68H119NO48. The second-order valence-corrected chi connectivity index (χ2v) is 31.1. The summed E-state index contributed by atoms with van der Waals surface area (Å²) in [6, 6.07) is -1.57. The van der Waals surface area contributed by atoms with Gasteiger partial charge in [0.2, 0.25) is 0 Å². The van der Waals surface area contributed by atoms with Crippen LogP contribution in [0.3, 0.4) is 0 Å². The molecule has 9 saturated heterocycles. The minimum atomic E-state index is -2.95. The van der Waals surface area contributed by atoms with E-state index >= 15 is 0 Å². The van der Waals surface area contributed by atoms with E-state index in [4.69, 9.17) is 91.0 Å². The summed E-state index contributed by atoms with van der Waals surface area (Å²) in [5.41, 5.74) is 5.96. The molecule has 0 spiro atoms. The molecule has 31 N–H and O–H groups in total. The summed E-state index contributed by atoms with van der Waals surface area (Å²) in [7, 11) is 0. The number of carboxylic acid groups (broad SMARTS) is 1. The summed E-state index contributed by atoms with van der Waals surface area (Å²) < 4.78 is 107. The van der Waals surface area contributed by atoms with Crippen LogP contribution in [0, 0.1) is 23.7 Å². The summed E-state index contributed by atoms with van der Waals surface area (Å²) in [5.74, 6) is -9.56. The average molecular weight is 1720 g/mol. The van der Waals surface area contributed by atoms with E-state index in [1.807, 2.05) is 0 Å². The van der Waals surface area contributed by atoms with E-state index in [9.17, 15) is 153 Å². The quantitative estimate of drug-likeness (QED) is 0.0262. The van der Waals surface area contributed by atoms with E-state index in [1.165, 1.54) is 20.8 Å². The Balaban J connectivity index is 0.967. The van der Waals surface area contributed by atoms with Crippen LogP contribution in [0.15, 0.2) is 0 Å². The zero-order valence-corrected chi connectivity index (χ0v) is 64.1. The van der Waals surface area contributed by atoms with Crippen molar-refractivity contribution >= 4 is 5.97 Å². The van der Waals surface area contributed by atoms with E-state index in [1.54, 1.807) is 13.8 Å². The van der Waals surface area contributed by atoms with Crippen LogP contribution in [0.1, 0.15) is 47.5 Å². The average Bonchev–Trinajstić information content (AvgIpc) is 0.779. The SMILES string of the molecule is CC1C(O)[C@H](O[C@@H]2OC(CO)[C@H](O)C(O)[C@@H]2O)[C@H](CO)O[C@H]1O[C@H](C(O)[C@H](O)CCO)[C@H](O)OCC1O[C@@H](O[C@@H]2C(CO)O[C@@H](O[C@@H]3C(CO)O[C@@H](C)[C@@H](C)C3O)[C@@H](C)C2O)[C@H](O)C(O[C@H]2O[C@H](CO)[C@@H](O)C(O)C2O[C@@H]2OC(CO)[C@@H](O[C@@H]3OC(CO[C@]4(C(=O)O)C[C@@H](O)[C@@H](N)C([C@H](O)[C@H](O)CO)O4)[C@H](O)C(O)[C@@H]3O)C(O)[C@@H]2C)[C@@H]1O. The van der Waals surface area contributed by atoms with Gasteiger partial charge in [0.25, 0.3) is 5.79 Å². The summed E-state index contributed by atoms with van der Waals surface area (Å²) >= 11 is 0. The van der Waals surface area contributed by atoms with Crippen LogP contribution < -0.4 is 5.73 Å². The maximum Gasteiger partial charge on any atom is 0.364 e. The van der Waals surface area contributed by atoms with Gasteiger partial charge in [0.05, 0.1) is 108 Å². The molecule has 0 aromatic heterocycles. The van der Waals surface area contributed by atoms with Crippen LogP contribution in [0.2, 0.25) is 0 Å². The highest BCUT2D eigenvalue weighted by atomic mass is 16.8. The molecule has 0 amide bonds. The van der Waals surface area contributed by atoms with E-state index in [0.29, 0.717) is 0 Å². The Morgan fingerprint density at radius 3 is 1.26 bits per heavy atom. The Kier molecular flexibility index (Phi) is 35.9. The van der Waals surface area contributed by atoms with Gasteiger partial charge in [0.1, 0.15) is 177 Å². The molecule has 9 fully saturated rings. The van der Waals surface area contributed by atoms with E-state index in [0.717, 1.165) is 0 Å². The molecule has 9 rings (SSSR count). The van der Waals surface area contributed by atoms with Crippen LogP contribution in [0.5, 0.6) is 0 Å². The minimum Gasteiger partial charge on any atom is -0.477 e. The molecule has 49 heteroatoms. The molecule has 117 heavy (non-hydrogen) atoms. The summed E-state index contributed by atoms with van der Waals surface area (Å²) in [6.07, 6.45) is -86.4. The van der Waals surface area contributed by atoms with Crippen molar-refractivity contribution in [3.05, 3.63) is 0 Å². The van der Waals surface area contributed by atoms with Gasteiger partial charge in [-0.2, -0.15) is 0 Å². The third kappa shape index (κ3) is 21.3. The van der Waals surface area contributed by atoms with Crippen LogP contribution >= 0.6 is 0 Å². The van der Waals surface area contributed by atoms with Crippen molar-refractivity contribution in [1.29, 1.82) is 0 Å². The number of carboxylic acids is 1. The number of aliphatic hydroxyl groups is 28. The Hall–Kier alpha value is -2.41. The summed E-state index contributed by atoms with van der Waals surface area (Å²) in [5, 5.41) is 319.